The summed E-state index contributed by atoms with van der Waals surface area (Å²) in [6.07, 6.45) is 6.45. The molecule has 0 bridgehead atoms. The number of rotatable bonds is 6. The fraction of sp³-hybridized carbons (Fsp3) is 0.353. The molecule has 1 unspecified atom stereocenters. The number of nitrogens with zero attached hydrogens (tertiary/aromatic N) is 2. The summed E-state index contributed by atoms with van der Waals surface area (Å²) in [6, 6.07) is 9.49. The molecule has 0 fully saturated rings. The normalized spacial score (nSPS) is 12.1. The SMILES string of the molecule is CC(C)CC(NC(=O)Cc1ccccn1)c1cccnc1. The zero-order valence-electron chi connectivity index (χ0n) is 12.5. The van der Waals surface area contributed by atoms with Crippen molar-refractivity contribution in [2.45, 2.75) is 32.7 Å². The monoisotopic (exact) mass is 283 g/mol. The van der Waals surface area contributed by atoms with Crippen LogP contribution < -0.4 is 5.32 Å². The highest BCUT2D eigenvalue weighted by molar-refractivity contribution is 5.78. The number of hydrogen-bond donors (Lipinski definition) is 1. The summed E-state index contributed by atoms with van der Waals surface area (Å²) in [5.41, 5.74) is 1.82. The van der Waals surface area contributed by atoms with Gasteiger partial charge in [0.2, 0.25) is 5.91 Å². The zero-order valence-corrected chi connectivity index (χ0v) is 12.5. The summed E-state index contributed by atoms with van der Waals surface area (Å²) in [5.74, 6) is 0.480. The molecular weight excluding hydrogens is 262 g/mol. The number of amides is 1. The number of aromatic nitrogens is 2. The fourth-order valence-electron chi connectivity index (χ4n) is 2.24. The Morgan fingerprint density at radius 3 is 2.67 bits per heavy atom. The van der Waals surface area contributed by atoms with E-state index in [0.29, 0.717) is 12.3 Å². The van der Waals surface area contributed by atoms with Crippen LogP contribution in [0.3, 0.4) is 0 Å². The van der Waals surface area contributed by atoms with Gasteiger partial charge in [0.25, 0.3) is 0 Å². The lowest BCUT2D eigenvalue weighted by Crippen LogP contribution is -2.31. The molecule has 2 aromatic heterocycles. The average Bonchev–Trinajstić information content (AvgIpc) is 2.48. The molecule has 2 aromatic rings. The zero-order chi connectivity index (χ0) is 15.1. The Bertz CT molecular complexity index is 555. The maximum atomic E-state index is 12.2. The molecule has 0 saturated carbocycles. The molecule has 2 heterocycles. The van der Waals surface area contributed by atoms with Crippen molar-refractivity contribution in [3.8, 4) is 0 Å². The summed E-state index contributed by atoms with van der Waals surface area (Å²) in [7, 11) is 0. The summed E-state index contributed by atoms with van der Waals surface area (Å²) in [4.78, 5) is 20.5. The molecule has 4 heteroatoms. The minimum Gasteiger partial charge on any atom is -0.349 e. The first-order valence-electron chi connectivity index (χ1n) is 7.24. The molecule has 0 spiro atoms. The van der Waals surface area contributed by atoms with Crippen LogP contribution in [0, 0.1) is 5.92 Å². The number of carbonyl (C=O) groups excluding carboxylic acids is 1. The van der Waals surface area contributed by atoms with Crippen molar-refractivity contribution in [2.75, 3.05) is 0 Å². The minimum absolute atomic E-state index is 0.00471. The first-order chi connectivity index (χ1) is 10.1. The van der Waals surface area contributed by atoms with Crippen LogP contribution >= 0.6 is 0 Å². The van der Waals surface area contributed by atoms with E-state index in [2.05, 4.69) is 29.1 Å². The molecule has 0 aromatic carbocycles. The second-order valence-electron chi connectivity index (χ2n) is 5.53. The molecule has 0 radical (unpaired) electrons. The number of pyridine rings is 2. The minimum atomic E-state index is -0.0109. The third-order valence-corrected chi connectivity index (χ3v) is 3.20. The molecule has 21 heavy (non-hydrogen) atoms. The lowest BCUT2D eigenvalue weighted by Gasteiger charge is -2.20. The first-order valence-corrected chi connectivity index (χ1v) is 7.24. The largest absolute Gasteiger partial charge is 0.349 e. The number of carbonyl (C=O) groups is 1. The smallest absolute Gasteiger partial charge is 0.226 e. The van der Waals surface area contributed by atoms with Gasteiger partial charge in [-0.15, -0.1) is 0 Å². The van der Waals surface area contributed by atoms with E-state index >= 15 is 0 Å². The van der Waals surface area contributed by atoms with E-state index in [9.17, 15) is 4.79 Å². The van der Waals surface area contributed by atoms with Crippen LogP contribution in [0.25, 0.3) is 0 Å². The topological polar surface area (TPSA) is 54.9 Å². The molecule has 0 saturated heterocycles. The van der Waals surface area contributed by atoms with Crippen LogP contribution in [-0.4, -0.2) is 15.9 Å². The van der Waals surface area contributed by atoms with Crippen molar-refractivity contribution in [2.24, 2.45) is 5.92 Å². The van der Waals surface area contributed by atoms with E-state index in [4.69, 9.17) is 0 Å². The Balaban J connectivity index is 2.03. The molecular formula is C17H21N3O. The van der Waals surface area contributed by atoms with E-state index in [1.165, 1.54) is 0 Å². The van der Waals surface area contributed by atoms with Crippen molar-refractivity contribution in [3.05, 3.63) is 60.2 Å². The molecule has 4 nitrogen and oxygen atoms in total. The van der Waals surface area contributed by atoms with E-state index in [-0.39, 0.29) is 11.9 Å². The van der Waals surface area contributed by atoms with Gasteiger partial charge in [0.1, 0.15) is 0 Å². The summed E-state index contributed by atoms with van der Waals surface area (Å²) in [5, 5.41) is 3.09. The van der Waals surface area contributed by atoms with Crippen LogP contribution in [0.4, 0.5) is 0 Å². The van der Waals surface area contributed by atoms with Crippen LogP contribution in [-0.2, 0) is 11.2 Å². The van der Waals surface area contributed by atoms with Crippen molar-refractivity contribution in [3.63, 3.8) is 0 Å². The molecule has 0 aliphatic rings. The third-order valence-electron chi connectivity index (χ3n) is 3.20. The van der Waals surface area contributed by atoms with E-state index in [1.54, 1.807) is 12.4 Å². The van der Waals surface area contributed by atoms with Crippen molar-refractivity contribution in [1.82, 2.24) is 15.3 Å². The lowest BCUT2D eigenvalue weighted by atomic mass is 9.98. The molecule has 1 N–H and O–H groups in total. The molecule has 110 valence electrons. The van der Waals surface area contributed by atoms with Gasteiger partial charge in [-0.25, -0.2) is 0 Å². The van der Waals surface area contributed by atoms with Crippen LogP contribution in [0.1, 0.15) is 37.6 Å². The Morgan fingerprint density at radius 1 is 1.19 bits per heavy atom. The van der Waals surface area contributed by atoms with Gasteiger partial charge in [-0.05, 0) is 36.1 Å². The quantitative estimate of drug-likeness (QED) is 0.887. The van der Waals surface area contributed by atoms with Crippen molar-refractivity contribution >= 4 is 5.91 Å². The highest BCUT2D eigenvalue weighted by Gasteiger charge is 2.16. The van der Waals surface area contributed by atoms with Gasteiger partial charge >= 0.3 is 0 Å². The van der Waals surface area contributed by atoms with E-state index in [1.807, 2.05) is 36.5 Å². The maximum Gasteiger partial charge on any atom is 0.226 e. The van der Waals surface area contributed by atoms with Crippen molar-refractivity contribution in [1.29, 1.82) is 0 Å². The Hall–Kier alpha value is -2.23. The second-order valence-corrected chi connectivity index (χ2v) is 5.53. The average molecular weight is 283 g/mol. The number of hydrogen-bond acceptors (Lipinski definition) is 3. The Kier molecular flexibility index (Phi) is 5.43. The second kappa shape index (κ2) is 7.53. The fourth-order valence-corrected chi connectivity index (χ4v) is 2.24. The van der Waals surface area contributed by atoms with Crippen LogP contribution in [0.5, 0.6) is 0 Å². The molecule has 1 atom stereocenters. The van der Waals surface area contributed by atoms with Crippen LogP contribution in [0.15, 0.2) is 48.9 Å². The van der Waals surface area contributed by atoms with Gasteiger partial charge in [-0.3, -0.25) is 14.8 Å². The van der Waals surface area contributed by atoms with Gasteiger partial charge < -0.3 is 5.32 Å². The van der Waals surface area contributed by atoms with Gasteiger partial charge in [0, 0.05) is 24.3 Å². The highest BCUT2D eigenvalue weighted by atomic mass is 16.1. The molecule has 1 amide bonds. The molecule has 2 rings (SSSR count). The standard InChI is InChI=1S/C17H21N3O/c1-13(2)10-16(14-6-5-8-18-12-14)20-17(21)11-15-7-3-4-9-19-15/h3-9,12-13,16H,10-11H2,1-2H3,(H,20,21). The van der Waals surface area contributed by atoms with Gasteiger partial charge in [0.15, 0.2) is 0 Å². The Labute approximate surface area is 125 Å². The van der Waals surface area contributed by atoms with E-state index < -0.39 is 0 Å². The summed E-state index contributed by atoms with van der Waals surface area (Å²) in [6.45, 7) is 4.29. The third kappa shape index (κ3) is 4.99. The maximum absolute atomic E-state index is 12.2. The van der Waals surface area contributed by atoms with Gasteiger partial charge in [0.05, 0.1) is 12.5 Å². The highest BCUT2D eigenvalue weighted by Crippen LogP contribution is 2.20. The molecule has 0 aliphatic carbocycles. The number of nitrogens with one attached hydrogen (secondary N) is 1. The Morgan fingerprint density at radius 2 is 2.05 bits per heavy atom. The lowest BCUT2D eigenvalue weighted by molar-refractivity contribution is -0.121. The molecule has 0 aliphatic heterocycles. The predicted octanol–water partition coefficient (Wildman–Crippen LogP) is 2.92. The van der Waals surface area contributed by atoms with Gasteiger partial charge in [-0.1, -0.05) is 26.0 Å². The summed E-state index contributed by atoms with van der Waals surface area (Å²) >= 11 is 0. The van der Waals surface area contributed by atoms with Crippen LogP contribution in [0.2, 0.25) is 0 Å². The van der Waals surface area contributed by atoms with Gasteiger partial charge in [-0.2, -0.15) is 0 Å². The van der Waals surface area contributed by atoms with Crippen molar-refractivity contribution < 1.29 is 4.79 Å². The predicted molar refractivity (Wildman–Crippen MR) is 82.5 cm³/mol. The van der Waals surface area contributed by atoms with E-state index in [0.717, 1.165) is 17.7 Å². The summed E-state index contributed by atoms with van der Waals surface area (Å²) < 4.78 is 0. The first kappa shape index (κ1) is 15.2.